The minimum atomic E-state index is -0.473. The van der Waals surface area contributed by atoms with Crippen molar-refractivity contribution in [3.8, 4) is 0 Å². The van der Waals surface area contributed by atoms with Gasteiger partial charge in [-0.25, -0.2) is 0 Å². The number of hydrogen-bond donors (Lipinski definition) is 0. The van der Waals surface area contributed by atoms with Crippen molar-refractivity contribution in [2.24, 2.45) is 5.92 Å². The van der Waals surface area contributed by atoms with Gasteiger partial charge in [0.05, 0.1) is 0 Å². The summed E-state index contributed by atoms with van der Waals surface area (Å²) in [5.41, 5.74) is 1.18. The highest BCUT2D eigenvalue weighted by atomic mass is 16.2. The van der Waals surface area contributed by atoms with Gasteiger partial charge in [0.2, 0.25) is 11.8 Å². The molecule has 140 valence electrons. The van der Waals surface area contributed by atoms with Gasteiger partial charge in [0, 0.05) is 37.9 Å². The molecule has 26 heavy (non-hydrogen) atoms. The van der Waals surface area contributed by atoms with Crippen molar-refractivity contribution in [3.63, 3.8) is 0 Å². The van der Waals surface area contributed by atoms with E-state index in [4.69, 9.17) is 0 Å². The smallest absolute Gasteiger partial charge is 0.254 e. The normalized spacial score (nSPS) is 17.4. The number of rotatable bonds is 5. The zero-order valence-corrected chi connectivity index (χ0v) is 15.9. The highest BCUT2D eigenvalue weighted by Gasteiger charge is 2.34. The first kappa shape index (κ1) is 19.7. The molecule has 2 rings (SSSR count). The summed E-state index contributed by atoms with van der Waals surface area (Å²) in [6, 6.07) is 6.33. The molecule has 1 atom stereocenters. The Morgan fingerprint density at radius 1 is 1.27 bits per heavy atom. The maximum Gasteiger partial charge on any atom is 0.254 e. The van der Waals surface area contributed by atoms with Gasteiger partial charge >= 0.3 is 0 Å². The van der Waals surface area contributed by atoms with Crippen LogP contribution in [0.5, 0.6) is 0 Å². The van der Waals surface area contributed by atoms with Crippen LogP contribution in [0.25, 0.3) is 0 Å². The molecule has 1 heterocycles. The fraction of sp³-hybridized carbons (Fsp3) is 0.450. The summed E-state index contributed by atoms with van der Waals surface area (Å²) in [6.45, 7) is 11.2. The average Bonchev–Trinajstić information content (AvgIpc) is 2.63. The molecule has 6 nitrogen and oxygen atoms in total. The van der Waals surface area contributed by atoms with Crippen LogP contribution in [0.3, 0.4) is 0 Å². The van der Waals surface area contributed by atoms with E-state index in [2.05, 4.69) is 20.4 Å². The summed E-state index contributed by atoms with van der Waals surface area (Å²) in [5, 5.41) is 0. The molecule has 1 saturated heterocycles. The van der Waals surface area contributed by atoms with Crippen LogP contribution in [-0.2, 0) is 9.59 Å². The lowest BCUT2D eigenvalue weighted by atomic mass is 10.1. The van der Waals surface area contributed by atoms with E-state index in [0.717, 1.165) is 0 Å². The molecular weight excluding hydrogens is 330 g/mol. The van der Waals surface area contributed by atoms with E-state index < -0.39 is 6.04 Å². The first-order valence-corrected chi connectivity index (χ1v) is 8.86. The van der Waals surface area contributed by atoms with E-state index in [0.29, 0.717) is 36.8 Å². The Labute approximate surface area is 155 Å². The van der Waals surface area contributed by atoms with Crippen molar-refractivity contribution in [1.82, 2.24) is 9.80 Å². The highest BCUT2D eigenvalue weighted by Crippen LogP contribution is 2.19. The third-order valence-electron chi connectivity index (χ3n) is 4.60. The molecule has 3 amide bonds. The molecule has 6 heteroatoms. The maximum atomic E-state index is 12.8. The summed E-state index contributed by atoms with van der Waals surface area (Å²) < 4.78 is 0. The Morgan fingerprint density at radius 2 is 1.88 bits per heavy atom. The molecule has 0 aromatic heterocycles. The van der Waals surface area contributed by atoms with E-state index in [1.54, 1.807) is 43.1 Å². The molecule has 1 aliphatic rings. The van der Waals surface area contributed by atoms with Crippen LogP contribution >= 0.6 is 0 Å². The second-order valence-corrected chi connectivity index (χ2v) is 7.00. The molecule has 0 radical (unpaired) electrons. The number of hydrogen-bond acceptors (Lipinski definition) is 3. The largest absolute Gasteiger partial charge is 0.339 e. The number of likely N-dealkylation sites (N-methyl/N-ethyl adjacent to an activating group) is 1. The fourth-order valence-corrected chi connectivity index (χ4v) is 3.09. The molecule has 1 aromatic rings. The van der Waals surface area contributed by atoms with E-state index >= 15 is 0 Å². The topological polar surface area (TPSA) is 60.9 Å². The van der Waals surface area contributed by atoms with Gasteiger partial charge in [-0.2, -0.15) is 0 Å². The predicted molar refractivity (Wildman–Crippen MR) is 102 cm³/mol. The van der Waals surface area contributed by atoms with Crippen LogP contribution in [0.15, 0.2) is 36.9 Å². The van der Waals surface area contributed by atoms with Crippen molar-refractivity contribution < 1.29 is 14.4 Å². The predicted octanol–water partition coefficient (Wildman–Crippen LogP) is 2.16. The average molecular weight is 357 g/mol. The van der Waals surface area contributed by atoms with Gasteiger partial charge in [0.15, 0.2) is 0 Å². The summed E-state index contributed by atoms with van der Waals surface area (Å²) in [7, 11) is 1.65. The SMILES string of the molecule is C=CC(=O)N(C)c1ccc(C(=O)N2CCN(CC(C)C)C(=O)C2C)cc1. The number of carbonyl (C=O) groups is 3. The van der Waals surface area contributed by atoms with Gasteiger partial charge in [-0.1, -0.05) is 20.4 Å². The minimum absolute atomic E-state index is 0.00812. The molecule has 0 bridgehead atoms. The Balaban J connectivity index is 2.10. The van der Waals surface area contributed by atoms with Crippen LogP contribution in [-0.4, -0.2) is 60.2 Å². The summed E-state index contributed by atoms with van der Waals surface area (Å²) in [4.78, 5) is 41.9. The molecule has 0 N–H and O–H groups in total. The fourth-order valence-electron chi connectivity index (χ4n) is 3.09. The highest BCUT2D eigenvalue weighted by molar-refractivity contribution is 6.01. The molecule has 1 aromatic carbocycles. The standard InChI is InChI=1S/C20H27N3O3/c1-6-18(24)21(5)17-9-7-16(8-10-17)20(26)23-12-11-22(13-14(2)3)19(25)15(23)4/h6-10,14-15H,1,11-13H2,2-5H3. The van der Waals surface area contributed by atoms with Gasteiger partial charge in [-0.05, 0) is 43.2 Å². The third kappa shape index (κ3) is 4.12. The summed E-state index contributed by atoms with van der Waals surface area (Å²) >= 11 is 0. The number of nitrogens with zero attached hydrogens (tertiary/aromatic N) is 3. The van der Waals surface area contributed by atoms with E-state index in [9.17, 15) is 14.4 Å². The first-order chi connectivity index (χ1) is 12.3. The Morgan fingerprint density at radius 3 is 2.42 bits per heavy atom. The van der Waals surface area contributed by atoms with Crippen LogP contribution in [0.2, 0.25) is 0 Å². The van der Waals surface area contributed by atoms with Gasteiger partial charge in [0.1, 0.15) is 6.04 Å². The molecule has 1 fully saturated rings. The van der Waals surface area contributed by atoms with E-state index in [-0.39, 0.29) is 17.7 Å². The minimum Gasteiger partial charge on any atom is -0.339 e. The Bertz CT molecular complexity index is 697. The van der Waals surface area contributed by atoms with Crippen molar-refractivity contribution >= 4 is 23.4 Å². The van der Waals surface area contributed by atoms with Crippen LogP contribution in [0.1, 0.15) is 31.1 Å². The van der Waals surface area contributed by atoms with Crippen molar-refractivity contribution in [1.29, 1.82) is 0 Å². The summed E-state index contributed by atoms with van der Waals surface area (Å²) in [5.74, 6) is 0.00584. The quantitative estimate of drug-likeness (QED) is 0.759. The molecular formula is C20H27N3O3. The molecule has 0 spiro atoms. The zero-order valence-electron chi connectivity index (χ0n) is 15.9. The third-order valence-corrected chi connectivity index (χ3v) is 4.60. The van der Waals surface area contributed by atoms with Crippen molar-refractivity contribution in [3.05, 3.63) is 42.5 Å². The monoisotopic (exact) mass is 357 g/mol. The lowest BCUT2D eigenvalue weighted by Gasteiger charge is -2.39. The first-order valence-electron chi connectivity index (χ1n) is 8.86. The second-order valence-electron chi connectivity index (χ2n) is 7.00. The van der Waals surface area contributed by atoms with Crippen LogP contribution in [0, 0.1) is 5.92 Å². The lowest BCUT2D eigenvalue weighted by molar-refractivity contribution is -0.140. The number of anilines is 1. The number of piperazine rings is 1. The number of carbonyl (C=O) groups excluding carboxylic acids is 3. The van der Waals surface area contributed by atoms with Crippen molar-refractivity contribution in [2.45, 2.75) is 26.8 Å². The molecule has 0 saturated carbocycles. The lowest BCUT2D eigenvalue weighted by Crippen LogP contribution is -2.58. The second kappa shape index (κ2) is 8.17. The molecule has 0 aliphatic carbocycles. The van der Waals surface area contributed by atoms with Gasteiger partial charge in [0.25, 0.3) is 5.91 Å². The van der Waals surface area contributed by atoms with Gasteiger partial charge < -0.3 is 14.7 Å². The Kier molecular flexibility index (Phi) is 6.18. The number of amides is 3. The molecule has 1 aliphatic heterocycles. The van der Waals surface area contributed by atoms with E-state index in [1.807, 2.05) is 4.90 Å². The van der Waals surface area contributed by atoms with Crippen LogP contribution in [0.4, 0.5) is 5.69 Å². The Hall–Kier alpha value is -2.63. The van der Waals surface area contributed by atoms with Crippen molar-refractivity contribution in [2.75, 3.05) is 31.6 Å². The van der Waals surface area contributed by atoms with Gasteiger partial charge in [-0.15, -0.1) is 0 Å². The zero-order chi connectivity index (χ0) is 19.4. The maximum absolute atomic E-state index is 12.8. The number of benzene rings is 1. The van der Waals surface area contributed by atoms with E-state index in [1.165, 1.54) is 11.0 Å². The molecule has 1 unspecified atom stereocenters. The summed E-state index contributed by atoms with van der Waals surface area (Å²) in [6.07, 6.45) is 1.24. The van der Waals surface area contributed by atoms with Crippen LogP contribution < -0.4 is 4.90 Å². The van der Waals surface area contributed by atoms with Gasteiger partial charge in [-0.3, -0.25) is 14.4 Å².